The summed E-state index contributed by atoms with van der Waals surface area (Å²) in [4.78, 5) is 21.2. The molecule has 0 aliphatic rings. The summed E-state index contributed by atoms with van der Waals surface area (Å²) in [5, 5.41) is 11.0. The largest absolute Gasteiger partial charge is 0.480 e. The maximum Gasteiger partial charge on any atom is 0.321 e. The lowest BCUT2D eigenvalue weighted by Crippen LogP contribution is -2.37. The zero-order valence-electron chi connectivity index (χ0n) is 7.75. The maximum absolute atomic E-state index is 11.0. The molecule has 1 atom stereocenters. The lowest BCUT2D eigenvalue weighted by atomic mass is 10.2. The van der Waals surface area contributed by atoms with Crippen LogP contribution >= 0.6 is 0 Å². The molecule has 13 heavy (non-hydrogen) atoms. The monoisotopic (exact) mass is 188 g/mol. The zero-order valence-corrected chi connectivity index (χ0v) is 7.75. The van der Waals surface area contributed by atoms with Crippen LogP contribution in [0.25, 0.3) is 0 Å². The van der Waals surface area contributed by atoms with Crippen LogP contribution in [0, 0.1) is 0 Å². The van der Waals surface area contributed by atoms with Gasteiger partial charge in [0.05, 0.1) is 6.42 Å². The first-order chi connectivity index (χ1) is 6.07. The van der Waals surface area contributed by atoms with Crippen molar-refractivity contribution in [1.82, 2.24) is 5.32 Å². The van der Waals surface area contributed by atoms with Gasteiger partial charge in [0.25, 0.3) is 0 Å². The lowest BCUT2D eigenvalue weighted by Gasteiger charge is -2.06. The van der Waals surface area contributed by atoms with Gasteiger partial charge in [-0.1, -0.05) is 13.3 Å². The van der Waals surface area contributed by atoms with Crippen LogP contribution in [-0.4, -0.2) is 29.6 Å². The van der Waals surface area contributed by atoms with Gasteiger partial charge in [-0.2, -0.15) is 0 Å². The number of rotatable bonds is 6. The van der Waals surface area contributed by atoms with Crippen molar-refractivity contribution in [1.29, 1.82) is 0 Å². The van der Waals surface area contributed by atoms with Crippen LogP contribution in [0.2, 0.25) is 0 Å². The fraction of sp³-hybridized carbons (Fsp3) is 0.750. The molecule has 76 valence electrons. The number of hydrogen-bond donors (Lipinski definition) is 3. The van der Waals surface area contributed by atoms with Gasteiger partial charge < -0.3 is 16.2 Å². The number of amides is 1. The first kappa shape index (κ1) is 11.9. The van der Waals surface area contributed by atoms with Gasteiger partial charge in [-0.05, 0) is 6.42 Å². The molecule has 0 radical (unpaired) electrons. The Kier molecular flexibility index (Phi) is 5.88. The SMILES string of the molecule is CCCCNC(=O)C[C@@H](N)C(=O)O. The van der Waals surface area contributed by atoms with E-state index in [0.29, 0.717) is 6.54 Å². The fourth-order valence-electron chi connectivity index (χ4n) is 0.764. The van der Waals surface area contributed by atoms with E-state index in [4.69, 9.17) is 10.8 Å². The Labute approximate surface area is 77.3 Å². The predicted octanol–water partition coefficient (Wildman–Crippen LogP) is -0.295. The summed E-state index contributed by atoms with van der Waals surface area (Å²) >= 11 is 0. The number of aliphatic carboxylic acids is 1. The number of carbonyl (C=O) groups excluding carboxylic acids is 1. The second kappa shape index (κ2) is 6.42. The summed E-state index contributed by atoms with van der Waals surface area (Å²) in [5.41, 5.74) is 5.16. The molecule has 0 aromatic carbocycles. The van der Waals surface area contributed by atoms with E-state index in [2.05, 4.69) is 5.32 Å². The van der Waals surface area contributed by atoms with E-state index in [1.54, 1.807) is 0 Å². The van der Waals surface area contributed by atoms with Crippen LogP contribution in [-0.2, 0) is 9.59 Å². The molecule has 0 aromatic rings. The summed E-state index contributed by atoms with van der Waals surface area (Å²) in [6.07, 6.45) is 1.73. The highest BCUT2D eigenvalue weighted by Gasteiger charge is 2.15. The van der Waals surface area contributed by atoms with E-state index < -0.39 is 12.0 Å². The Hall–Kier alpha value is -1.10. The molecular formula is C8H16N2O3. The van der Waals surface area contributed by atoms with E-state index in [9.17, 15) is 9.59 Å². The van der Waals surface area contributed by atoms with Gasteiger partial charge in [0.2, 0.25) is 5.91 Å². The van der Waals surface area contributed by atoms with Crippen molar-refractivity contribution in [2.24, 2.45) is 5.73 Å². The molecule has 5 nitrogen and oxygen atoms in total. The topological polar surface area (TPSA) is 92.4 Å². The molecule has 0 fully saturated rings. The molecule has 5 heteroatoms. The number of carboxylic acid groups (broad SMARTS) is 1. The first-order valence-electron chi connectivity index (χ1n) is 4.33. The summed E-state index contributed by atoms with van der Waals surface area (Å²) < 4.78 is 0. The number of nitrogens with two attached hydrogens (primary N) is 1. The van der Waals surface area contributed by atoms with E-state index in [0.717, 1.165) is 12.8 Å². The Balaban J connectivity index is 3.56. The van der Waals surface area contributed by atoms with Gasteiger partial charge in [-0.15, -0.1) is 0 Å². The zero-order chi connectivity index (χ0) is 10.3. The normalized spacial score (nSPS) is 12.2. The molecular weight excluding hydrogens is 172 g/mol. The highest BCUT2D eigenvalue weighted by molar-refractivity contribution is 5.84. The Bertz CT molecular complexity index is 182. The molecule has 0 bridgehead atoms. The van der Waals surface area contributed by atoms with Gasteiger partial charge in [0.1, 0.15) is 6.04 Å². The smallest absolute Gasteiger partial charge is 0.321 e. The van der Waals surface area contributed by atoms with Gasteiger partial charge >= 0.3 is 5.97 Å². The van der Waals surface area contributed by atoms with Gasteiger partial charge in [0.15, 0.2) is 0 Å². The van der Waals surface area contributed by atoms with Gasteiger partial charge in [-0.3, -0.25) is 9.59 Å². The van der Waals surface area contributed by atoms with E-state index >= 15 is 0 Å². The second-order valence-electron chi connectivity index (χ2n) is 2.85. The molecule has 0 aliphatic carbocycles. The number of unbranched alkanes of at least 4 members (excludes halogenated alkanes) is 1. The quantitative estimate of drug-likeness (QED) is 0.499. The van der Waals surface area contributed by atoms with E-state index in [1.165, 1.54) is 0 Å². The Morgan fingerprint density at radius 3 is 2.62 bits per heavy atom. The Morgan fingerprint density at radius 1 is 1.54 bits per heavy atom. The third-order valence-electron chi connectivity index (χ3n) is 1.58. The van der Waals surface area contributed by atoms with Crippen molar-refractivity contribution >= 4 is 11.9 Å². The van der Waals surface area contributed by atoms with Gasteiger partial charge in [0, 0.05) is 6.54 Å². The van der Waals surface area contributed by atoms with Crippen LogP contribution in [0.3, 0.4) is 0 Å². The van der Waals surface area contributed by atoms with Crippen molar-refractivity contribution in [2.75, 3.05) is 6.54 Å². The van der Waals surface area contributed by atoms with Crippen molar-refractivity contribution in [3.63, 3.8) is 0 Å². The van der Waals surface area contributed by atoms with Crippen LogP contribution in [0.1, 0.15) is 26.2 Å². The van der Waals surface area contributed by atoms with Crippen molar-refractivity contribution < 1.29 is 14.7 Å². The minimum atomic E-state index is -1.15. The third-order valence-corrected chi connectivity index (χ3v) is 1.58. The van der Waals surface area contributed by atoms with Crippen molar-refractivity contribution in [2.45, 2.75) is 32.2 Å². The third kappa shape index (κ3) is 6.10. The molecule has 0 aromatic heterocycles. The molecule has 0 aliphatic heterocycles. The molecule has 0 saturated heterocycles. The number of nitrogens with one attached hydrogen (secondary N) is 1. The molecule has 0 heterocycles. The molecule has 0 saturated carbocycles. The average molecular weight is 188 g/mol. The Morgan fingerprint density at radius 2 is 2.15 bits per heavy atom. The fourth-order valence-corrected chi connectivity index (χ4v) is 0.764. The highest BCUT2D eigenvalue weighted by atomic mass is 16.4. The molecule has 0 unspecified atom stereocenters. The van der Waals surface area contributed by atoms with E-state index in [-0.39, 0.29) is 12.3 Å². The minimum Gasteiger partial charge on any atom is -0.480 e. The van der Waals surface area contributed by atoms with Crippen LogP contribution in [0.15, 0.2) is 0 Å². The minimum absolute atomic E-state index is 0.154. The van der Waals surface area contributed by atoms with Gasteiger partial charge in [-0.25, -0.2) is 0 Å². The van der Waals surface area contributed by atoms with Crippen LogP contribution in [0.4, 0.5) is 0 Å². The van der Waals surface area contributed by atoms with Crippen LogP contribution < -0.4 is 11.1 Å². The van der Waals surface area contributed by atoms with E-state index in [1.807, 2.05) is 6.92 Å². The summed E-state index contributed by atoms with van der Waals surface area (Å²) in [7, 11) is 0. The number of carboxylic acids is 1. The number of hydrogen-bond acceptors (Lipinski definition) is 3. The summed E-state index contributed by atoms with van der Waals surface area (Å²) in [6.45, 7) is 2.59. The number of carbonyl (C=O) groups is 2. The first-order valence-corrected chi connectivity index (χ1v) is 4.33. The summed E-state index contributed by atoms with van der Waals surface area (Å²) in [5.74, 6) is -1.45. The average Bonchev–Trinajstić information content (AvgIpc) is 2.04. The standard InChI is InChI=1S/C8H16N2O3/c1-2-3-4-10-7(11)5-6(9)8(12)13/h6H,2-5,9H2,1H3,(H,10,11)(H,12,13)/t6-/m1/s1. The molecule has 0 spiro atoms. The predicted molar refractivity (Wildman–Crippen MR) is 48.1 cm³/mol. The van der Waals surface area contributed by atoms with Crippen LogP contribution in [0.5, 0.6) is 0 Å². The summed E-state index contributed by atoms with van der Waals surface area (Å²) in [6, 6.07) is -1.10. The highest BCUT2D eigenvalue weighted by Crippen LogP contribution is 1.89. The maximum atomic E-state index is 11.0. The molecule has 1 amide bonds. The van der Waals surface area contributed by atoms with Crippen molar-refractivity contribution in [3.8, 4) is 0 Å². The molecule has 0 rings (SSSR count). The second-order valence-corrected chi connectivity index (χ2v) is 2.85. The molecule has 4 N–H and O–H groups in total. The van der Waals surface area contributed by atoms with Crippen molar-refractivity contribution in [3.05, 3.63) is 0 Å². The lowest BCUT2D eigenvalue weighted by molar-refractivity contribution is -0.140.